The predicted molar refractivity (Wildman–Crippen MR) is 235 cm³/mol. The molecule has 8 atom stereocenters. The zero-order valence-electron chi connectivity index (χ0n) is 36.3. The van der Waals surface area contributed by atoms with Crippen LogP contribution in [0.2, 0.25) is 0 Å². The third-order valence-electron chi connectivity index (χ3n) is 16.8. The average molecular weight is 817 g/mol. The van der Waals surface area contributed by atoms with Crippen LogP contribution in [0.5, 0.6) is 5.75 Å². The molecule has 0 amide bonds. The molecule has 3 aromatic carbocycles. The van der Waals surface area contributed by atoms with Crippen LogP contribution < -0.4 is 4.74 Å². The zero-order chi connectivity index (χ0) is 41.8. The number of para-hydroxylation sites is 1. The quantitative estimate of drug-likeness (QED) is 0.127. The van der Waals surface area contributed by atoms with E-state index in [-0.39, 0.29) is 50.9 Å². The van der Waals surface area contributed by atoms with Crippen LogP contribution in [-0.4, -0.2) is 29.9 Å². The minimum Gasteiger partial charge on any atom is -0.465 e. The molecule has 3 unspecified atom stereocenters. The maximum atomic E-state index is 15.3. The Balaban J connectivity index is 1.14. The summed E-state index contributed by atoms with van der Waals surface area (Å²) in [5.74, 6) is 1.10. The molecule has 3 aromatic rings. The molecule has 0 saturated heterocycles. The van der Waals surface area contributed by atoms with Crippen molar-refractivity contribution in [2.45, 2.75) is 125 Å². The fraction of sp³-hybridized carbons (Fsp3) is 0.558. The molecule has 0 aliphatic heterocycles. The van der Waals surface area contributed by atoms with Gasteiger partial charge in [-0.05, 0) is 121 Å². The summed E-state index contributed by atoms with van der Waals surface area (Å²) in [5, 5.41) is 0.183. The Morgan fingerprint density at radius 1 is 0.746 bits per heavy atom. The summed E-state index contributed by atoms with van der Waals surface area (Å²) in [6.07, 6.45) is 11.0. The third-order valence-corrected chi connectivity index (χ3v) is 17.0. The summed E-state index contributed by atoms with van der Waals surface area (Å²) in [5.41, 5.74) is 2.01. The minimum absolute atomic E-state index is 0.00948. The summed E-state index contributed by atoms with van der Waals surface area (Å²) in [6.45, 7) is 16.4. The zero-order valence-corrected chi connectivity index (χ0v) is 37.1. The van der Waals surface area contributed by atoms with Gasteiger partial charge in [0.1, 0.15) is 18.5 Å². The van der Waals surface area contributed by atoms with E-state index in [4.69, 9.17) is 31.2 Å². The van der Waals surface area contributed by atoms with Crippen molar-refractivity contribution >= 4 is 29.4 Å². The molecule has 4 saturated carbocycles. The molecule has 8 rings (SSSR count). The van der Waals surface area contributed by atoms with Gasteiger partial charge < -0.3 is 18.9 Å². The number of ether oxygens (including phenoxy) is 4. The van der Waals surface area contributed by atoms with E-state index in [0.29, 0.717) is 30.6 Å². The molecule has 59 heavy (non-hydrogen) atoms. The van der Waals surface area contributed by atoms with Gasteiger partial charge in [0.05, 0.1) is 5.41 Å². The second-order valence-electron chi connectivity index (χ2n) is 20.6. The molecule has 0 heterocycles. The number of carbonyl (C=O) groups excluding carboxylic acids is 2. The highest BCUT2D eigenvalue weighted by Gasteiger charge is 2.71. The third kappa shape index (κ3) is 7.15. The second-order valence-corrected chi connectivity index (χ2v) is 21.0. The molecule has 6 nitrogen and oxygen atoms in total. The molecule has 5 aliphatic carbocycles. The SMILES string of the molecule is CC(=O)OC[C@@]12CC[C@@]3(C(=O)OC(c4ccccc4)c4ccccc4)CCC(C)(C)CC3C1=CC[C@@H]1[C@@]3(C)CCC(OC(=S)Oc4ccccc4)C(C)(C)C3CC[C@]12C. The smallest absolute Gasteiger partial charge is 0.358 e. The first-order valence-electron chi connectivity index (χ1n) is 22.1. The van der Waals surface area contributed by atoms with Crippen molar-refractivity contribution in [3.05, 3.63) is 114 Å². The van der Waals surface area contributed by atoms with Crippen LogP contribution >= 0.6 is 12.2 Å². The Hall–Kier alpha value is -3.97. The molecular formula is C52H64O6S. The van der Waals surface area contributed by atoms with Crippen LogP contribution in [0, 0.1) is 50.2 Å². The van der Waals surface area contributed by atoms with Crippen LogP contribution in [0.25, 0.3) is 0 Å². The molecule has 314 valence electrons. The average Bonchev–Trinajstić information content (AvgIpc) is 3.21. The number of esters is 2. The van der Waals surface area contributed by atoms with Gasteiger partial charge in [-0.1, -0.05) is 132 Å². The molecule has 0 aromatic heterocycles. The van der Waals surface area contributed by atoms with Gasteiger partial charge in [0.15, 0.2) is 6.10 Å². The second kappa shape index (κ2) is 15.5. The van der Waals surface area contributed by atoms with Crippen molar-refractivity contribution in [2.75, 3.05) is 6.61 Å². The lowest BCUT2D eigenvalue weighted by atomic mass is 9.33. The van der Waals surface area contributed by atoms with Gasteiger partial charge in [0.2, 0.25) is 0 Å². The van der Waals surface area contributed by atoms with Crippen molar-refractivity contribution < 1.29 is 28.5 Å². The Bertz CT molecular complexity index is 2020. The highest BCUT2D eigenvalue weighted by Crippen LogP contribution is 2.76. The first kappa shape index (κ1) is 41.8. The monoisotopic (exact) mass is 816 g/mol. The lowest BCUT2D eigenvalue weighted by Crippen LogP contribution is -2.67. The van der Waals surface area contributed by atoms with Crippen LogP contribution in [0.15, 0.2) is 103 Å². The van der Waals surface area contributed by atoms with Crippen LogP contribution in [-0.2, 0) is 23.8 Å². The van der Waals surface area contributed by atoms with Crippen LogP contribution in [0.3, 0.4) is 0 Å². The van der Waals surface area contributed by atoms with Crippen molar-refractivity contribution in [3.8, 4) is 5.75 Å². The number of rotatable bonds is 8. The first-order chi connectivity index (χ1) is 28.0. The molecule has 0 spiro atoms. The Labute approximate surface area is 357 Å². The molecular weight excluding hydrogens is 753 g/mol. The van der Waals surface area contributed by atoms with Gasteiger partial charge in [0.25, 0.3) is 0 Å². The van der Waals surface area contributed by atoms with Gasteiger partial charge in [-0.3, -0.25) is 9.59 Å². The number of benzene rings is 3. The van der Waals surface area contributed by atoms with E-state index in [1.807, 2.05) is 66.7 Å². The maximum Gasteiger partial charge on any atom is 0.358 e. The number of hydrogen-bond acceptors (Lipinski definition) is 7. The lowest BCUT2D eigenvalue weighted by molar-refractivity contribution is -0.217. The molecule has 7 heteroatoms. The van der Waals surface area contributed by atoms with Gasteiger partial charge in [-0.2, -0.15) is 0 Å². The standard InChI is InChI=1S/C52H64O6S/c1-35(53)55-34-52-32-31-51(45(54)58-44(36-17-11-8-12-18-36)37-19-13-9-14-20-37)30-29-47(2,3)33-40(51)39(52)23-24-42-49(6)27-26-43(48(4,5)41(49)25-28-50(42,52)7)57-46(59)56-38-21-15-10-16-22-38/h8-23,40-44H,24-34H2,1-7H3/t40?,41?,42-,43?,49+,50-,51+,52+/m1/s1. The molecule has 0 radical (unpaired) electrons. The van der Waals surface area contributed by atoms with Crippen molar-refractivity contribution in [1.82, 2.24) is 0 Å². The van der Waals surface area contributed by atoms with E-state index >= 15 is 4.79 Å². The summed E-state index contributed by atoms with van der Waals surface area (Å²) in [4.78, 5) is 28.1. The number of hydrogen-bond donors (Lipinski definition) is 0. The van der Waals surface area contributed by atoms with Gasteiger partial charge in [-0.15, -0.1) is 0 Å². The Morgan fingerprint density at radius 2 is 1.36 bits per heavy atom. The van der Waals surface area contributed by atoms with Gasteiger partial charge >= 0.3 is 17.2 Å². The van der Waals surface area contributed by atoms with E-state index in [0.717, 1.165) is 68.9 Å². The number of allylic oxidation sites excluding steroid dienone is 1. The van der Waals surface area contributed by atoms with E-state index in [2.05, 4.69) is 71.9 Å². The van der Waals surface area contributed by atoms with E-state index in [1.54, 1.807) is 0 Å². The summed E-state index contributed by atoms with van der Waals surface area (Å²) >= 11 is 5.67. The fourth-order valence-corrected chi connectivity index (χ4v) is 13.9. The van der Waals surface area contributed by atoms with Crippen molar-refractivity contribution in [1.29, 1.82) is 0 Å². The molecule has 0 bridgehead atoms. The van der Waals surface area contributed by atoms with E-state index in [9.17, 15) is 4.79 Å². The molecule has 4 fully saturated rings. The molecule has 5 aliphatic rings. The fourth-order valence-electron chi connectivity index (χ4n) is 13.7. The number of thiocarbonyl (C=S) groups is 1. The number of fused-ring (bicyclic) bond motifs is 7. The predicted octanol–water partition coefficient (Wildman–Crippen LogP) is 12.4. The topological polar surface area (TPSA) is 71.1 Å². The summed E-state index contributed by atoms with van der Waals surface area (Å²) in [7, 11) is 0. The summed E-state index contributed by atoms with van der Waals surface area (Å²) in [6, 6.07) is 29.9. The normalized spacial score (nSPS) is 34.1. The maximum absolute atomic E-state index is 15.3. The first-order valence-corrected chi connectivity index (χ1v) is 22.5. The lowest BCUT2D eigenvalue weighted by Gasteiger charge is -2.71. The van der Waals surface area contributed by atoms with Gasteiger partial charge in [-0.25, -0.2) is 0 Å². The minimum atomic E-state index is -0.662. The van der Waals surface area contributed by atoms with E-state index in [1.165, 1.54) is 12.5 Å². The largest absolute Gasteiger partial charge is 0.465 e. The highest BCUT2D eigenvalue weighted by molar-refractivity contribution is 7.79. The van der Waals surface area contributed by atoms with Crippen LogP contribution in [0.4, 0.5) is 0 Å². The molecule has 0 N–H and O–H groups in total. The van der Waals surface area contributed by atoms with Gasteiger partial charge in [0, 0.05) is 30.0 Å². The summed E-state index contributed by atoms with van der Waals surface area (Å²) < 4.78 is 25.6. The van der Waals surface area contributed by atoms with Crippen molar-refractivity contribution in [3.63, 3.8) is 0 Å². The number of carbonyl (C=O) groups is 2. The Morgan fingerprint density at radius 3 is 1.98 bits per heavy atom. The van der Waals surface area contributed by atoms with E-state index < -0.39 is 16.9 Å². The Kier molecular flexibility index (Phi) is 11.0. The highest BCUT2D eigenvalue weighted by atomic mass is 32.1. The van der Waals surface area contributed by atoms with Crippen LogP contribution in [0.1, 0.15) is 130 Å². The van der Waals surface area contributed by atoms with Crippen molar-refractivity contribution in [2.24, 2.45) is 50.2 Å².